The summed E-state index contributed by atoms with van der Waals surface area (Å²) in [5, 5.41) is 7.59. The highest BCUT2D eigenvalue weighted by atomic mass is 32.1. The molecule has 0 aliphatic heterocycles. The molecule has 0 spiro atoms. The zero-order valence-electron chi connectivity index (χ0n) is 12.3. The molecule has 2 N–H and O–H groups in total. The van der Waals surface area contributed by atoms with E-state index in [4.69, 9.17) is 0 Å². The summed E-state index contributed by atoms with van der Waals surface area (Å²) in [6.07, 6.45) is -1.08. The summed E-state index contributed by atoms with van der Waals surface area (Å²) in [6.45, 7) is 5.70. The topological polar surface area (TPSA) is 49.3 Å². The van der Waals surface area contributed by atoms with Gasteiger partial charge in [-0.25, -0.2) is 9.98 Å². The van der Waals surface area contributed by atoms with Crippen LogP contribution < -0.4 is 10.6 Å². The zero-order valence-corrected chi connectivity index (χ0v) is 13.1. The van der Waals surface area contributed by atoms with Crippen LogP contribution in [0.15, 0.2) is 10.4 Å². The third-order valence-corrected chi connectivity index (χ3v) is 3.47. The van der Waals surface area contributed by atoms with E-state index in [9.17, 15) is 13.2 Å². The summed E-state index contributed by atoms with van der Waals surface area (Å²) in [5.74, 6) is 0.609. The van der Waals surface area contributed by atoms with Crippen molar-refractivity contribution in [3.8, 4) is 0 Å². The molecule has 1 aromatic rings. The van der Waals surface area contributed by atoms with Gasteiger partial charge in [0.25, 0.3) is 0 Å². The van der Waals surface area contributed by atoms with E-state index < -0.39 is 11.9 Å². The summed E-state index contributed by atoms with van der Waals surface area (Å²) in [6, 6.07) is 0. The minimum atomic E-state index is -4.39. The van der Waals surface area contributed by atoms with E-state index in [-0.39, 0.29) is 6.54 Å². The first kappa shape index (κ1) is 17.7. The van der Waals surface area contributed by atoms with Crippen LogP contribution in [0.4, 0.5) is 13.2 Å². The van der Waals surface area contributed by atoms with Gasteiger partial charge in [0.2, 0.25) is 0 Å². The van der Waals surface area contributed by atoms with Gasteiger partial charge in [0.15, 0.2) is 11.7 Å². The summed E-state index contributed by atoms with van der Waals surface area (Å²) in [4.78, 5) is 7.81. The maximum Gasteiger partial charge on any atom is 0.434 e. The summed E-state index contributed by atoms with van der Waals surface area (Å²) < 4.78 is 37.3. The van der Waals surface area contributed by atoms with Crippen LogP contribution in [-0.2, 0) is 12.7 Å². The minimum Gasteiger partial charge on any atom is -0.357 e. The van der Waals surface area contributed by atoms with E-state index in [1.54, 1.807) is 0 Å². The lowest BCUT2D eigenvalue weighted by molar-refractivity contribution is -0.140. The molecule has 4 nitrogen and oxygen atoms in total. The molecule has 0 saturated carbocycles. The van der Waals surface area contributed by atoms with E-state index in [2.05, 4.69) is 27.5 Å². The maximum absolute atomic E-state index is 12.4. The average Bonchev–Trinajstić information content (AvgIpc) is 2.89. The van der Waals surface area contributed by atoms with Crippen molar-refractivity contribution in [3.63, 3.8) is 0 Å². The van der Waals surface area contributed by atoms with E-state index in [1.807, 2.05) is 6.92 Å². The average molecular weight is 322 g/mol. The second-order valence-corrected chi connectivity index (χ2v) is 5.40. The van der Waals surface area contributed by atoms with Crippen molar-refractivity contribution in [2.45, 2.75) is 45.8 Å². The number of unbranched alkanes of at least 4 members (excludes halogenated alkanes) is 2. The monoisotopic (exact) mass is 322 g/mol. The van der Waals surface area contributed by atoms with Gasteiger partial charge >= 0.3 is 6.18 Å². The van der Waals surface area contributed by atoms with Gasteiger partial charge in [-0.15, -0.1) is 11.3 Å². The highest BCUT2D eigenvalue weighted by molar-refractivity contribution is 7.09. The van der Waals surface area contributed by atoms with Gasteiger partial charge < -0.3 is 10.6 Å². The van der Waals surface area contributed by atoms with Crippen molar-refractivity contribution >= 4 is 17.3 Å². The molecule has 0 amide bonds. The lowest BCUT2D eigenvalue weighted by atomic mass is 10.2. The number of guanidine groups is 1. The standard InChI is InChI=1S/C13H21F3N4S/c1-3-5-6-7-18-12(17-4-2)19-8-11-20-10(9-21-11)13(14,15)16/h9H,3-8H2,1-2H3,(H2,17,18,19). The van der Waals surface area contributed by atoms with Gasteiger partial charge in [0.1, 0.15) is 5.01 Å². The van der Waals surface area contributed by atoms with Crippen molar-refractivity contribution in [1.82, 2.24) is 15.6 Å². The molecule has 1 aromatic heterocycles. The second-order valence-electron chi connectivity index (χ2n) is 4.45. The van der Waals surface area contributed by atoms with Crippen LogP contribution in [0.3, 0.4) is 0 Å². The molecule has 8 heteroatoms. The van der Waals surface area contributed by atoms with Crippen LogP contribution in [0.2, 0.25) is 0 Å². The number of hydrogen-bond acceptors (Lipinski definition) is 3. The molecular formula is C13H21F3N4S. The SMILES string of the molecule is CCCCCNC(=NCc1nc(C(F)(F)F)cs1)NCC. The first-order chi connectivity index (χ1) is 9.97. The van der Waals surface area contributed by atoms with Crippen LogP contribution in [-0.4, -0.2) is 24.0 Å². The number of aliphatic imine (C=N–C) groups is 1. The second kappa shape index (κ2) is 8.86. The number of halogens is 3. The largest absolute Gasteiger partial charge is 0.434 e. The van der Waals surface area contributed by atoms with Gasteiger partial charge in [0, 0.05) is 18.5 Å². The normalized spacial score (nSPS) is 12.5. The van der Waals surface area contributed by atoms with E-state index in [0.29, 0.717) is 17.5 Å². The molecule has 0 fully saturated rings. The zero-order chi connectivity index (χ0) is 15.7. The van der Waals surface area contributed by atoms with Gasteiger partial charge in [-0.2, -0.15) is 13.2 Å². The van der Waals surface area contributed by atoms with Gasteiger partial charge in [-0.3, -0.25) is 0 Å². The quantitative estimate of drug-likeness (QED) is 0.459. The number of nitrogens with one attached hydrogen (secondary N) is 2. The van der Waals surface area contributed by atoms with Crippen molar-refractivity contribution in [1.29, 1.82) is 0 Å². The Morgan fingerprint density at radius 2 is 2.05 bits per heavy atom. The van der Waals surface area contributed by atoms with Gasteiger partial charge in [-0.05, 0) is 13.3 Å². The highest BCUT2D eigenvalue weighted by Gasteiger charge is 2.33. The Morgan fingerprint density at radius 1 is 1.29 bits per heavy atom. The molecule has 0 aromatic carbocycles. The molecule has 120 valence electrons. The Kier molecular flexibility index (Phi) is 7.49. The minimum absolute atomic E-state index is 0.143. The lowest BCUT2D eigenvalue weighted by Crippen LogP contribution is -2.37. The van der Waals surface area contributed by atoms with Gasteiger partial charge in [0.05, 0.1) is 6.54 Å². The maximum atomic E-state index is 12.4. The third-order valence-electron chi connectivity index (χ3n) is 2.63. The third kappa shape index (κ3) is 6.79. The Bertz CT molecular complexity index is 443. The fourth-order valence-corrected chi connectivity index (χ4v) is 2.31. The Labute approximate surface area is 126 Å². The van der Waals surface area contributed by atoms with E-state index in [0.717, 1.165) is 42.5 Å². The summed E-state index contributed by atoms with van der Waals surface area (Å²) in [7, 11) is 0. The van der Waals surface area contributed by atoms with Gasteiger partial charge in [-0.1, -0.05) is 19.8 Å². The fraction of sp³-hybridized carbons (Fsp3) is 0.692. The predicted octanol–water partition coefficient (Wildman–Crippen LogP) is 3.41. The molecule has 0 radical (unpaired) electrons. The summed E-state index contributed by atoms with van der Waals surface area (Å²) >= 11 is 0.975. The summed E-state index contributed by atoms with van der Waals surface area (Å²) in [5.41, 5.74) is -0.849. The predicted molar refractivity (Wildman–Crippen MR) is 79.5 cm³/mol. The van der Waals surface area contributed by atoms with Crippen molar-refractivity contribution < 1.29 is 13.2 Å². The number of rotatable bonds is 7. The Hall–Kier alpha value is -1.31. The molecule has 0 aliphatic carbocycles. The van der Waals surface area contributed by atoms with Crippen LogP contribution in [0.5, 0.6) is 0 Å². The van der Waals surface area contributed by atoms with Crippen molar-refractivity contribution in [2.24, 2.45) is 4.99 Å². The number of alkyl halides is 3. The number of nitrogens with zero attached hydrogens (tertiary/aromatic N) is 2. The number of thiazole rings is 1. The van der Waals surface area contributed by atoms with E-state index in [1.165, 1.54) is 0 Å². The van der Waals surface area contributed by atoms with Crippen molar-refractivity contribution in [3.05, 3.63) is 16.1 Å². The van der Waals surface area contributed by atoms with E-state index >= 15 is 0 Å². The smallest absolute Gasteiger partial charge is 0.357 e. The molecule has 1 heterocycles. The molecule has 0 aliphatic rings. The van der Waals surface area contributed by atoms with Crippen LogP contribution in [0.1, 0.15) is 43.8 Å². The molecule has 21 heavy (non-hydrogen) atoms. The molecule has 0 bridgehead atoms. The lowest BCUT2D eigenvalue weighted by Gasteiger charge is -2.10. The fourth-order valence-electron chi connectivity index (χ4n) is 1.58. The van der Waals surface area contributed by atoms with Crippen LogP contribution in [0.25, 0.3) is 0 Å². The Balaban J connectivity index is 2.54. The van der Waals surface area contributed by atoms with Crippen molar-refractivity contribution in [2.75, 3.05) is 13.1 Å². The van der Waals surface area contributed by atoms with Crippen LogP contribution >= 0.6 is 11.3 Å². The first-order valence-electron chi connectivity index (χ1n) is 7.01. The van der Waals surface area contributed by atoms with Crippen LogP contribution in [0, 0.1) is 0 Å². The molecule has 0 unspecified atom stereocenters. The molecule has 0 saturated heterocycles. The molecular weight excluding hydrogens is 301 g/mol. The Morgan fingerprint density at radius 3 is 2.62 bits per heavy atom. The number of aromatic nitrogens is 1. The highest BCUT2D eigenvalue weighted by Crippen LogP contribution is 2.30. The first-order valence-corrected chi connectivity index (χ1v) is 7.89. The molecule has 0 atom stereocenters. The number of hydrogen-bond donors (Lipinski definition) is 2. The molecule has 1 rings (SSSR count).